The first kappa shape index (κ1) is 15.2. The first-order chi connectivity index (χ1) is 9.47. The minimum absolute atomic E-state index is 0.135. The highest BCUT2D eigenvalue weighted by molar-refractivity contribution is 14.1. The molecule has 0 aromatic heterocycles. The Balaban J connectivity index is 2.10. The third-order valence-electron chi connectivity index (χ3n) is 2.99. The lowest BCUT2D eigenvalue weighted by atomic mass is 10.1. The Morgan fingerprint density at radius 3 is 2.90 bits per heavy atom. The monoisotopic (exact) mass is 393 g/mol. The van der Waals surface area contributed by atoms with Gasteiger partial charge in [0.25, 0.3) is 5.91 Å². The highest BCUT2D eigenvalue weighted by Gasteiger charge is 2.27. The minimum Gasteiger partial charge on any atom is -0.481 e. The molecule has 2 rings (SSSR count). The van der Waals surface area contributed by atoms with Crippen LogP contribution in [0.1, 0.15) is 16.8 Å². The normalized spacial score (nSPS) is 18.9. The summed E-state index contributed by atoms with van der Waals surface area (Å²) in [5.41, 5.74) is 0.419. The fourth-order valence-electron chi connectivity index (χ4n) is 2.06. The molecular weight excluding hydrogens is 380 g/mol. The van der Waals surface area contributed by atoms with Crippen LogP contribution in [0.5, 0.6) is 0 Å². The van der Waals surface area contributed by atoms with Crippen molar-refractivity contribution in [3.05, 3.63) is 33.1 Å². The van der Waals surface area contributed by atoms with Crippen LogP contribution in [0.25, 0.3) is 0 Å². The molecule has 0 bridgehead atoms. The highest BCUT2D eigenvalue weighted by atomic mass is 127. The predicted octanol–water partition coefficient (Wildman–Crippen LogP) is 1.75. The number of hydrogen-bond donors (Lipinski definition) is 1. The van der Waals surface area contributed by atoms with E-state index in [1.807, 2.05) is 22.6 Å². The predicted molar refractivity (Wildman–Crippen MR) is 77.0 cm³/mol. The van der Waals surface area contributed by atoms with Gasteiger partial charge in [0.1, 0.15) is 5.82 Å². The number of nitrogens with zero attached hydrogens (tertiary/aromatic N) is 1. The van der Waals surface area contributed by atoms with Crippen LogP contribution in [-0.4, -0.2) is 47.7 Å². The molecule has 1 atom stereocenters. The van der Waals surface area contributed by atoms with Crippen LogP contribution < -0.4 is 0 Å². The van der Waals surface area contributed by atoms with Gasteiger partial charge in [0, 0.05) is 16.7 Å². The Kier molecular flexibility index (Phi) is 4.92. The maximum absolute atomic E-state index is 13.0. The van der Waals surface area contributed by atoms with Gasteiger partial charge < -0.3 is 14.7 Å². The lowest BCUT2D eigenvalue weighted by Crippen LogP contribution is -2.46. The Hall–Kier alpha value is -1.22. The van der Waals surface area contributed by atoms with Gasteiger partial charge in [-0.3, -0.25) is 9.59 Å². The molecule has 1 heterocycles. The number of carboxylic acid groups (broad SMARTS) is 1. The third-order valence-corrected chi connectivity index (χ3v) is 3.88. The van der Waals surface area contributed by atoms with E-state index < -0.39 is 17.9 Å². The summed E-state index contributed by atoms with van der Waals surface area (Å²) in [6.07, 6.45) is -0.632. The van der Waals surface area contributed by atoms with Gasteiger partial charge in [0.15, 0.2) is 0 Å². The number of rotatable bonds is 3. The Morgan fingerprint density at radius 1 is 1.50 bits per heavy atom. The van der Waals surface area contributed by atoms with Crippen molar-refractivity contribution in [2.24, 2.45) is 0 Å². The molecule has 0 spiro atoms. The molecule has 1 fully saturated rings. The van der Waals surface area contributed by atoms with Crippen molar-refractivity contribution in [1.82, 2.24) is 4.90 Å². The van der Waals surface area contributed by atoms with Crippen LogP contribution in [0.2, 0.25) is 0 Å². The minimum atomic E-state index is -0.958. The summed E-state index contributed by atoms with van der Waals surface area (Å²) in [6, 6.07) is 3.98. The molecule has 0 aliphatic carbocycles. The quantitative estimate of drug-likeness (QED) is 0.795. The number of morpholine rings is 1. The second-order valence-electron chi connectivity index (χ2n) is 4.47. The summed E-state index contributed by atoms with van der Waals surface area (Å²) in [4.78, 5) is 24.6. The molecule has 108 valence electrons. The van der Waals surface area contributed by atoms with Gasteiger partial charge in [0.2, 0.25) is 0 Å². The molecule has 1 N–H and O–H groups in total. The smallest absolute Gasteiger partial charge is 0.306 e. The molecule has 1 aromatic carbocycles. The number of hydrogen-bond acceptors (Lipinski definition) is 3. The molecule has 0 radical (unpaired) electrons. The van der Waals surface area contributed by atoms with Crippen molar-refractivity contribution in [2.45, 2.75) is 12.5 Å². The summed E-state index contributed by atoms with van der Waals surface area (Å²) < 4.78 is 18.9. The van der Waals surface area contributed by atoms with E-state index >= 15 is 0 Å². The summed E-state index contributed by atoms with van der Waals surface area (Å²) in [6.45, 7) is 0.947. The molecule has 1 unspecified atom stereocenters. The van der Waals surface area contributed by atoms with E-state index in [0.29, 0.717) is 22.3 Å². The number of carbonyl (C=O) groups is 2. The van der Waals surface area contributed by atoms with Crippen molar-refractivity contribution >= 4 is 34.5 Å². The van der Waals surface area contributed by atoms with Crippen molar-refractivity contribution in [2.75, 3.05) is 19.7 Å². The van der Waals surface area contributed by atoms with Crippen LogP contribution in [0.15, 0.2) is 18.2 Å². The Morgan fingerprint density at radius 2 is 2.25 bits per heavy atom. The zero-order chi connectivity index (χ0) is 14.7. The van der Waals surface area contributed by atoms with Crippen molar-refractivity contribution in [1.29, 1.82) is 0 Å². The summed E-state index contributed by atoms with van der Waals surface area (Å²) >= 11 is 1.91. The molecule has 1 aromatic rings. The number of carboxylic acids is 1. The maximum atomic E-state index is 13.0. The fraction of sp³-hybridized carbons (Fsp3) is 0.385. The van der Waals surface area contributed by atoms with Crippen LogP contribution in [0.4, 0.5) is 4.39 Å². The average Bonchev–Trinajstić information content (AvgIpc) is 2.37. The van der Waals surface area contributed by atoms with Gasteiger partial charge in [-0.2, -0.15) is 0 Å². The lowest BCUT2D eigenvalue weighted by Gasteiger charge is -2.32. The molecule has 20 heavy (non-hydrogen) atoms. The molecule has 5 nitrogen and oxygen atoms in total. The van der Waals surface area contributed by atoms with Gasteiger partial charge in [-0.15, -0.1) is 0 Å². The number of ether oxygens (including phenoxy) is 1. The van der Waals surface area contributed by atoms with Crippen molar-refractivity contribution in [3.63, 3.8) is 0 Å². The van der Waals surface area contributed by atoms with E-state index in [9.17, 15) is 14.0 Å². The molecule has 1 saturated heterocycles. The van der Waals surface area contributed by atoms with Crippen LogP contribution >= 0.6 is 22.6 Å². The van der Waals surface area contributed by atoms with Crippen LogP contribution in [0, 0.1) is 9.39 Å². The standard InChI is InChI=1S/C13H13FINO4/c14-8-1-2-10(11(15)5-8)13(19)16-3-4-20-9(7-16)6-12(17)18/h1-2,5,9H,3-4,6-7H2,(H,17,18). The topological polar surface area (TPSA) is 66.8 Å². The first-order valence-electron chi connectivity index (χ1n) is 6.05. The Bertz CT molecular complexity index is 537. The largest absolute Gasteiger partial charge is 0.481 e. The maximum Gasteiger partial charge on any atom is 0.306 e. The molecule has 7 heteroatoms. The summed E-state index contributed by atoms with van der Waals surface area (Å²) in [7, 11) is 0. The second-order valence-corrected chi connectivity index (χ2v) is 5.63. The van der Waals surface area contributed by atoms with Crippen molar-refractivity contribution < 1.29 is 23.8 Å². The average molecular weight is 393 g/mol. The van der Waals surface area contributed by atoms with E-state index in [0.717, 1.165) is 0 Å². The Labute approximate surface area is 128 Å². The van der Waals surface area contributed by atoms with Gasteiger partial charge in [-0.05, 0) is 40.8 Å². The van der Waals surface area contributed by atoms with Gasteiger partial charge in [-0.25, -0.2) is 4.39 Å². The first-order valence-corrected chi connectivity index (χ1v) is 7.13. The molecular formula is C13H13FINO4. The summed E-state index contributed by atoms with van der Waals surface area (Å²) in [5.74, 6) is -1.58. The number of halogens is 2. The molecule has 1 aliphatic heterocycles. The zero-order valence-electron chi connectivity index (χ0n) is 10.5. The molecule has 0 saturated carbocycles. The number of benzene rings is 1. The van der Waals surface area contributed by atoms with E-state index in [1.54, 1.807) is 4.90 Å². The van der Waals surface area contributed by atoms with Gasteiger partial charge in [-0.1, -0.05) is 0 Å². The van der Waals surface area contributed by atoms with E-state index in [-0.39, 0.29) is 18.9 Å². The van der Waals surface area contributed by atoms with Crippen LogP contribution in [-0.2, 0) is 9.53 Å². The summed E-state index contributed by atoms with van der Waals surface area (Å²) in [5, 5.41) is 8.76. The van der Waals surface area contributed by atoms with E-state index in [1.165, 1.54) is 18.2 Å². The van der Waals surface area contributed by atoms with Gasteiger partial charge >= 0.3 is 5.97 Å². The second kappa shape index (κ2) is 6.49. The number of amides is 1. The molecule has 1 aliphatic rings. The zero-order valence-corrected chi connectivity index (χ0v) is 12.7. The number of aliphatic carboxylic acids is 1. The van der Waals surface area contributed by atoms with E-state index in [2.05, 4.69) is 0 Å². The third kappa shape index (κ3) is 3.66. The SMILES string of the molecule is O=C(O)CC1CN(C(=O)c2ccc(F)cc2I)CCO1. The van der Waals surface area contributed by atoms with E-state index in [4.69, 9.17) is 9.84 Å². The van der Waals surface area contributed by atoms with Gasteiger partial charge in [0.05, 0.1) is 24.7 Å². The van der Waals surface area contributed by atoms with Crippen molar-refractivity contribution in [3.8, 4) is 0 Å². The highest BCUT2D eigenvalue weighted by Crippen LogP contribution is 2.18. The number of carbonyl (C=O) groups excluding carboxylic acids is 1. The fourth-order valence-corrected chi connectivity index (χ4v) is 2.76. The molecule has 1 amide bonds. The van der Waals surface area contributed by atoms with Crippen LogP contribution in [0.3, 0.4) is 0 Å². The lowest BCUT2D eigenvalue weighted by molar-refractivity contribution is -0.141.